The molecule has 0 bridgehead atoms. The van der Waals surface area contributed by atoms with Crippen LogP contribution in [0.1, 0.15) is 11.1 Å². The van der Waals surface area contributed by atoms with Gasteiger partial charge < -0.3 is 14.6 Å². The van der Waals surface area contributed by atoms with Crippen molar-refractivity contribution in [2.75, 3.05) is 0 Å². The number of carbonyl (C=O) groups is 1. The Hall–Kier alpha value is -2.07. The maximum absolute atomic E-state index is 11.3. The molecule has 0 radical (unpaired) electrons. The summed E-state index contributed by atoms with van der Waals surface area (Å²) in [4.78, 5) is 11.3. The first-order valence-electron chi connectivity index (χ1n) is 5.85. The van der Waals surface area contributed by atoms with Crippen LogP contribution in [0.3, 0.4) is 0 Å². The Bertz CT molecular complexity index is 690. The van der Waals surface area contributed by atoms with E-state index in [4.69, 9.17) is 9.47 Å². The van der Waals surface area contributed by atoms with E-state index in [0.29, 0.717) is 24.3 Å². The fourth-order valence-electron chi connectivity index (χ4n) is 2.67. The molecule has 0 spiro atoms. The minimum absolute atomic E-state index is 0.223. The first-order valence-corrected chi connectivity index (χ1v) is 5.85. The van der Waals surface area contributed by atoms with Crippen molar-refractivity contribution in [3.8, 4) is 11.5 Å². The molecule has 2 aliphatic rings. The van der Waals surface area contributed by atoms with Gasteiger partial charge >= 0.3 is 5.97 Å². The predicted molar refractivity (Wildman–Crippen MR) is 63.6 cm³/mol. The summed E-state index contributed by atoms with van der Waals surface area (Å²) in [7, 11) is 0. The van der Waals surface area contributed by atoms with Crippen molar-refractivity contribution in [1.29, 1.82) is 0 Å². The molecule has 0 amide bonds. The summed E-state index contributed by atoms with van der Waals surface area (Å²) < 4.78 is 10.7. The van der Waals surface area contributed by atoms with Crippen molar-refractivity contribution in [2.45, 2.75) is 19.1 Å². The molecule has 18 heavy (non-hydrogen) atoms. The van der Waals surface area contributed by atoms with Gasteiger partial charge in [0.1, 0.15) is 11.5 Å². The van der Waals surface area contributed by atoms with Crippen molar-refractivity contribution in [3.05, 3.63) is 35.4 Å². The molecule has 0 saturated carbocycles. The van der Waals surface area contributed by atoms with Crippen LogP contribution in [0.15, 0.2) is 24.3 Å². The number of hydrogen-bond acceptors (Lipinski definition) is 4. The number of benzene rings is 2. The molecular formula is C14H10O4. The number of hydrogen-bond donors (Lipinski definition) is 1. The maximum Gasteiger partial charge on any atom is 0.315 e. The number of rotatable bonds is 0. The van der Waals surface area contributed by atoms with Gasteiger partial charge in [0.15, 0.2) is 0 Å². The zero-order valence-corrected chi connectivity index (χ0v) is 9.47. The largest absolute Gasteiger partial charge is 0.464 e. The number of esters is 1. The van der Waals surface area contributed by atoms with Crippen LogP contribution in [0.2, 0.25) is 0 Å². The highest BCUT2D eigenvalue weighted by atomic mass is 16.6. The molecule has 0 aliphatic carbocycles. The first-order chi connectivity index (χ1) is 8.72. The van der Waals surface area contributed by atoms with Crippen LogP contribution < -0.4 is 9.47 Å². The molecule has 2 aromatic carbocycles. The third-order valence-corrected chi connectivity index (χ3v) is 3.46. The van der Waals surface area contributed by atoms with Crippen LogP contribution in [-0.4, -0.2) is 17.4 Å². The molecule has 1 N–H and O–H groups in total. The lowest BCUT2D eigenvalue weighted by molar-refractivity contribution is -0.131. The van der Waals surface area contributed by atoms with E-state index in [1.165, 1.54) is 0 Å². The number of carbonyl (C=O) groups excluding carboxylic acids is 1. The van der Waals surface area contributed by atoms with E-state index in [1.54, 1.807) is 0 Å². The standard InChI is InChI=1S/C14H10O4/c15-11-5-7-1-3-9-10(13(7)17-11)4-2-8-6-12(16)18-14(8)9/h1-4,11,15H,5-6H2. The van der Waals surface area contributed by atoms with Crippen LogP contribution in [0.25, 0.3) is 10.8 Å². The van der Waals surface area contributed by atoms with Gasteiger partial charge in [0.2, 0.25) is 6.29 Å². The van der Waals surface area contributed by atoms with Crippen molar-refractivity contribution in [1.82, 2.24) is 0 Å². The second-order valence-electron chi connectivity index (χ2n) is 4.63. The zero-order valence-electron chi connectivity index (χ0n) is 9.47. The van der Waals surface area contributed by atoms with Crippen molar-refractivity contribution in [2.24, 2.45) is 0 Å². The fourth-order valence-corrected chi connectivity index (χ4v) is 2.67. The molecule has 2 heterocycles. The summed E-state index contributed by atoms with van der Waals surface area (Å²) in [5.74, 6) is 1.11. The average molecular weight is 242 g/mol. The van der Waals surface area contributed by atoms with E-state index in [9.17, 15) is 9.90 Å². The fraction of sp³-hybridized carbons (Fsp3) is 0.214. The Kier molecular flexibility index (Phi) is 1.78. The summed E-state index contributed by atoms with van der Waals surface area (Å²) in [5, 5.41) is 11.3. The number of ether oxygens (including phenoxy) is 2. The molecule has 90 valence electrons. The molecule has 4 heteroatoms. The van der Waals surface area contributed by atoms with Gasteiger partial charge in [0.05, 0.1) is 6.42 Å². The molecular weight excluding hydrogens is 232 g/mol. The van der Waals surface area contributed by atoms with E-state index in [2.05, 4.69) is 0 Å². The zero-order chi connectivity index (χ0) is 12.3. The number of fused-ring (bicyclic) bond motifs is 5. The molecule has 2 aromatic rings. The SMILES string of the molecule is O=C1Cc2ccc3c4c(ccc3c2O1)CC(O)O4. The highest BCUT2D eigenvalue weighted by molar-refractivity contribution is 5.99. The van der Waals surface area contributed by atoms with Crippen LogP contribution in [-0.2, 0) is 17.6 Å². The van der Waals surface area contributed by atoms with E-state index in [0.717, 1.165) is 21.9 Å². The van der Waals surface area contributed by atoms with Crippen molar-refractivity contribution < 1.29 is 19.4 Å². The van der Waals surface area contributed by atoms with Gasteiger partial charge in [-0.3, -0.25) is 4.79 Å². The lowest BCUT2D eigenvalue weighted by Gasteiger charge is -2.08. The summed E-state index contributed by atoms with van der Waals surface area (Å²) in [5.41, 5.74) is 1.89. The van der Waals surface area contributed by atoms with Crippen molar-refractivity contribution >= 4 is 16.7 Å². The highest BCUT2D eigenvalue weighted by Gasteiger charge is 2.27. The molecule has 4 nitrogen and oxygen atoms in total. The van der Waals surface area contributed by atoms with E-state index < -0.39 is 6.29 Å². The second kappa shape index (κ2) is 3.23. The topological polar surface area (TPSA) is 55.8 Å². The van der Waals surface area contributed by atoms with Crippen LogP contribution in [0.4, 0.5) is 0 Å². The maximum atomic E-state index is 11.3. The molecule has 2 aliphatic heterocycles. The normalized spacial score (nSPS) is 20.5. The highest BCUT2D eigenvalue weighted by Crippen LogP contribution is 2.42. The number of aliphatic hydroxyl groups excluding tert-OH is 1. The van der Waals surface area contributed by atoms with E-state index in [-0.39, 0.29) is 5.97 Å². The third kappa shape index (κ3) is 1.21. The van der Waals surface area contributed by atoms with Gasteiger partial charge in [-0.2, -0.15) is 0 Å². The monoisotopic (exact) mass is 242 g/mol. The Balaban J connectivity index is 2.02. The smallest absolute Gasteiger partial charge is 0.315 e. The van der Waals surface area contributed by atoms with Crippen molar-refractivity contribution in [3.63, 3.8) is 0 Å². The van der Waals surface area contributed by atoms with Crippen LogP contribution in [0, 0.1) is 0 Å². The molecule has 0 fully saturated rings. The minimum atomic E-state index is -0.776. The minimum Gasteiger partial charge on any atom is -0.464 e. The van der Waals surface area contributed by atoms with E-state index >= 15 is 0 Å². The Labute approximate surface area is 103 Å². The van der Waals surface area contributed by atoms with Crippen LogP contribution in [0.5, 0.6) is 11.5 Å². The lowest BCUT2D eigenvalue weighted by atomic mass is 10.0. The van der Waals surface area contributed by atoms with Gasteiger partial charge in [-0.05, 0) is 0 Å². The Morgan fingerprint density at radius 2 is 1.78 bits per heavy atom. The Morgan fingerprint density at radius 1 is 1.06 bits per heavy atom. The van der Waals surface area contributed by atoms with Gasteiger partial charge in [0.25, 0.3) is 0 Å². The Morgan fingerprint density at radius 3 is 2.61 bits per heavy atom. The third-order valence-electron chi connectivity index (χ3n) is 3.46. The quantitative estimate of drug-likeness (QED) is 0.562. The second-order valence-corrected chi connectivity index (χ2v) is 4.63. The van der Waals surface area contributed by atoms with Gasteiger partial charge in [0, 0.05) is 28.3 Å². The molecule has 0 aromatic heterocycles. The molecule has 0 saturated heterocycles. The van der Waals surface area contributed by atoms with Crippen LogP contribution >= 0.6 is 0 Å². The summed E-state index contributed by atoms with van der Waals surface area (Å²) in [6.45, 7) is 0. The summed E-state index contributed by atoms with van der Waals surface area (Å²) in [6.07, 6.45) is 0.0509. The first kappa shape index (κ1) is 9.91. The molecule has 4 rings (SSSR count). The van der Waals surface area contributed by atoms with Gasteiger partial charge in [-0.15, -0.1) is 0 Å². The lowest BCUT2D eigenvalue weighted by Crippen LogP contribution is -2.10. The average Bonchev–Trinajstić information content (AvgIpc) is 2.89. The summed E-state index contributed by atoms with van der Waals surface area (Å²) in [6, 6.07) is 7.65. The molecule has 1 atom stereocenters. The predicted octanol–water partition coefficient (Wildman–Crippen LogP) is 1.55. The van der Waals surface area contributed by atoms with E-state index in [1.807, 2.05) is 24.3 Å². The van der Waals surface area contributed by atoms with Gasteiger partial charge in [-0.25, -0.2) is 0 Å². The van der Waals surface area contributed by atoms with Gasteiger partial charge in [-0.1, -0.05) is 24.3 Å². The summed E-state index contributed by atoms with van der Waals surface area (Å²) >= 11 is 0. The number of aliphatic hydroxyl groups is 1. The molecule has 1 unspecified atom stereocenters.